The molecule has 38 heavy (non-hydrogen) atoms. The number of piperazine rings is 1. The van der Waals surface area contributed by atoms with E-state index >= 15 is 0 Å². The number of sulfonamides is 1. The van der Waals surface area contributed by atoms with E-state index in [2.05, 4.69) is 37.2 Å². The molecule has 13 heteroatoms. The molecule has 1 heterocycles. The van der Waals surface area contributed by atoms with Crippen molar-refractivity contribution in [3.8, 4) is 0 Å². The molecule has 200 valence electrons. The second kappa shape index (κ2) is 12.1. The number of carbonyl (C=O) groups excluding carboxylic acids is 2. The Labute approximate surface area is 241 Å². The van der Waals surface area contributed by atoms with Crippen molar-refractivity contribution >= 4 is 76.7 Å². The summed E-state index contributed by atoms with van der Waals surface area (Å²) in [7, 11) is -4.02. The number of ether oxygens (including phenoxy) is 1. The number of rotatable bonds is 7. The maximum Gasteiger partial charge on any atom is 0.338 e. The highest BCUT2D eigenvalue weighted by Gasteiger charge is 2.31. The first-order valence-electron chi connectivity index (χ1n) is 11.3. The predicted octanol–water partition coefficient (Wildman–Crippen LogP) is 5.31. The molecule has 1 aliphatic heterocycles. The number of nitrogens with one attached hydrogen (secondary N) is 1. The lowest BCUT2D eigenvalue weighted by atomic mass is 10.2. The maximum absolute atomic E-state index is 13.3. The zero-order valence-electron chi connectivity index (χ0n) is 19.7. The quantitative estimate of drug-likeness (QED) is 0.338. The second-order valence-electron chi connectivity index (χ2n) is 8.26. The van der Waals surface area contributed by atoms with Crippen molar-refractivity contribution in [2.75, 3.05) is 43.0 Å². The fourth-order valence-corrected chi connectivity index (χ4v) is 6.87. The van der Waals surface area contributed by atoms with Crippen molar-refractivity contribution in [1.82, 2.24) is 4.31 Å². The zero-order valence-corrected chi connectivity index (χ0v) is 24.4. The molecule has 1 fully saturated rings. The van der Waals surface area contributed by atoms with Gasteiger partial charge in [-0.2, -0.15) is 4.31 Å². The third-order valence-corrected chi connectivity index (χ3v) is 9.28. The van der Waals surface area contributed by atoms with Crippen LogP contribution in [0.4, 0.5) is 15.8 Å². The van der Waals surface area contributed by atoms with Crippen LogP contribution in [0.2, 0.25) is 5.02 Å². The molecule has 1 amide bonds. The van der Waals surface area contributed by atoms with E-state index in [9.17, 15) is 22.4 Å². The van der Waals surface area contributed by atoms with E-state index in [0.717, 1.165) is 16.2 Å². The van der Waals surface area contributed by atoms with Gasteiger partial charge in [0, 0.05) is 40.8 Å². The van der Waals surface area contributed by atoms with E-state index in [1.54, 1.807) is 30.3 Å². The average molecular weight is 690 g/mol. The predicted molar refractivity (Wildman–Crippen MR) is 150 cm³/mol. The van der Waals surface area contributed by atoms with Crippen LogP contribution < -0.4 is 10.2 Å². The van der Waals surface area contributed by atoms with Gasteiger partial charge in [-0.05, 0) is 76.6 Å². The smallest absolute Gasteiger partial charge is 0.338 e. The van der Waals surface area contributed by atoms with Crippen molar-refractivity contribution in [1.29, 1.82) is 0 Å². The first-order chi connectivity index (χ1) is 18.0. The largest absolute Gasteiger partial charge is 0.452 e. The molecule has 1 N–H and O–H groups in total. The van der Waals surface area contributed by atoms with Crippen molar-refractivity contribution in [3.63, 3.8) is 0 Å². The molecule has 0 spiro atoms. The van der Waals surface area contributed by atoms with Crippen molar-refractivity contribution in [2.24, 2.45) is 0 Å². The Hall–Kier alpha value is -2.51. The maximum atomic E-state index is 13.3. The SMILES string of the molecule is O=C(COC(=O)c1ccc(Cl)c(S(=O)(=O)N2CCN(c3ccc(F)cc3)CC2)c1)Nc1ccc(Br)cc1Br. The molecule has 3 aromatic rings. The topological polar surface area (TPSA) is 96.0 Å². The number of nitrogens with zero attached hydrogens (tertiary/aromatic N) is 2. The molecule has 0 atom stereocenters. The Morgan fingerprint density at radius 2 is 1.66 bits per heavy atom. The number of carbonyl (C=O) groups is 2. The van der Waals surface area contributed by atoms with Crippen LogP contribution in [-0.2, 0) is 19.6 Å². The fourth-order valence-electron chi connectivity index (χ4n) is 3.80. The van der Waals surface area contributed by atoms with Gasteiger partial charge in [-0.25, -0.2) is 17.6 Å². The Morgan fingerprint density at radius 1 is 0.974 bits per heavy atom. The summed E-state index contributed by atoms with van der Waals surface area (Å²) in [5.41, 5.74) is 1.23. The number of halogens is 4. The minimum absolute atomic E-state index is 0.0413. The molecule has 0 radical (unpaired) electrons. The van der Waals surface area contributed by atoms with Gasteiger partial charge in [0.05, 0.1) is 16.3 Å². The van der Waals surface area contributed by atoms with E-state index in [0.29, 0.717) is 23.2 Å². The van der Waals surface area contributed by atoms with E-state index in [1.165, 1.54) is 28.6 Å². The zero-order chi connectivity index (χ0) is 27.4. The minimum Gasteiger partial charge on any atom is -0.452 e. The summed E-state index contributed by atoms with van der Waals surface area (Å²) in [5, 5.41) is 2.58. The van der Waals surface area contributed by atoms with Gasteiger partial charge in [-0.15, -0.1) is 0 Å². The third-order valence-electron chi connectivity index (χ3n) is 5.75. The number of benzene rings is 3. The average Bonchev–Trinajstić information content (AvgIpc) is 2.89. The van der Waals surface area contributed by atoms with Crippen LogP contribution in [0.3, 0.4) is 0 Å². The summed E-state index contributed by atoms with van der Waals surface area (Å²) in [6, 6.07) is 14.9. The number of hydrogen-bond donors (Lipinski definition) is 1. The Morgan fingerprint density at radius 3 is 2.32 bits per heavy atom. The van der Waals surface area contributed by atoms with Crippen LogP contribution in [-0.4, -0.2) is 57.4 Å². The molecular weight excluding hydrogens is 669 g/mol. The summed E-state index contributed by atoms with van der Waals surface area (Å²) < 4.78 is 47.7. The van der Waals surface area contributed by atoms with Gasteiger partial charge < -0.3 is 15.0 Å². The molecule has 3 aromatic carbocycles. The number of hydrogen-bond acceptors (Lipinski definition) is 6. The van der Waals surface area contributed by atoms with Gasteiger partial charge >= 0.3 is 5.97 Å². The highest BCUT2D eigenvalue weighted by atomic mass is 79.9. The summed E-state index contributed by atoms with van der Waals surface area (Å²) >= 11 is 12.9. The van der Waals surface area contributed by atoms with Gasteiger partial charge in [-0.3, -0.25) is 4.79 Å². The van der Waals surface area contributed by atoms with Crippen LogP contribution in [0.5, 0.6) is 0 Å². The molecular formula is C25H21Br2ClFN3O5S. The standard InChI is InChI=1S/C25H21Br2ClFN3O5S/c26-17-2-8-22(20(27)14-17)30-24(33)15-37-25(34)16-1-7-21(28)23(13-16)38(35,36)32-11-9-31(10-12-32)19-5-3-18(29)4-6-19/h1-8,13-14H,9-12,15H2,(H,30,33). The monoisotopic (exact) mass is 687 g/mol. The minimum atomic E-state index is -4.02. The van der Waals surface area contributed by atoms with Crippen LogP contribution in [0.1, 0.15) is 10.4 Å². The Kier molecular flexibility index (Phi) is 9.09. The van der Waals surface area contributed by atoms with Gasteiger partial charge in [0.1, 0.15) is 10.7 Å². The Balaban J connectivity index is 1.40. The van der Waals surface area contributed by atoms with Crippen LogP contribution in [0.25, 0.3) is 0 Å². The first kappa shape index (κ1) is 28.5. The highest BCUT2D eigenvalue weighted by molar-refractivity contribution is 9.11. The van der Waals surface area contributed by atoms with Crippen molar-refractivity contribution < 1.29 is 27.1 Å². The molecule has 4 rings (SSSR count). The van der Waals surface area contributed by atoms with Gasteiger partial charge in [0.2, 0.25) is 10.0 Å². The molecule has 0 aliphatic carbocycles. The van der Waals surface area contributed by atoms with E-state index in [4.69, 9.17) is 16.3 Å². The Bertz CT molecular complexity index is 1470. The summed E-state index contributed by atoms with van der Waals surface area (Å²) in [5.74, 6) is -1.78. The van der Waals surface area contributed by atoms with Crippen molar-refractivity contribution in [2.45, 2.75) is 4.90 Å². The van der Waals surface area contributed by atoms with E-state index in [1.807, 2.05) is 4.90 Å². The lowest BCUT2D eigenvalue weighted by molar-refractivity contribution is -0.119. The van der Waals surface area contributed by atoms with Crippen LogP contribution in [0.15, 0.2) is 74.5 Å². The second-order valence-corrected chi connectivity index (χ2v) is 12.3. The molecule has 8 nitrogen and oxygen atoms in total. The molecule has 1 saturated heterocycles. The molecule has 0 aromatic heterocycles. The fraction of sp³-hybridized carbons (Fsp3) is 0.200. The molecule has 0 unspecified atom stereocenters. The summed E-state index contributed by atoms with van der Waals surface area (Å²) in [4.78, 5) is 26.6. The van der Waals surface area contributed by atoms with E-state index in [-0.39, 0.29) is 34.4 Å². The van der Waals surface area contributed by atoms with Crippen LogP contribution in [0, 0.1) is 5.82 Å². The lowest BCUT2D eigenvalue weighted by Gasteiger charge is -2.35. The van der Waals surface area contributed by atoms with Gasteiger partial charge in [-0.1, -0.05) is 27.5 Å². The highest BCUT2D eigenvalue weighted by Crippen LogP contribution is 2.28. The lowest BCUT2D eigenvalue weighted by Crippen LogP contribution is -2.48. The number of anilines is 2. The number of amides is 1. The molecule has 1 aliphatic rings. The van der Waals surface area contributed by atoms with Crippen molar-refractivity contribution in [3.05, 3.63) is 86.0 Å². The van der Waals surface area contributed by atoms with E-state index < -0.39 is 28.5 Å². The van der Waals surface area contributed by atoms with Gasteiger partial charge in [0.15, 0.2) is 6.61 Å². The molecule has 0 bridgehead atoms. The summed E-state index contributed by atoms with van der Waals surface area (Å²) in [6.07, 6.45) is 0. The van der Waals surface area contributed by atoms with Crippen LogP contribution >= 0.6 is 43.5 Å². The number of esters is 1. The third kappa shape index (κ3) is 6.73. The summed E-state index contributed by atoms with van der Waals surface area (Å²) in [6.45, 7) is 0.575. The van der Waals surface area contributed by atoms with Gasteiger partial charge in [0.25, 0.3) is 5.91 Å². The normalized spacial score (nSPS) is 14.3. The molecule has 0 saturated carbocycles. The first-order valence-corrected chi connectivity index (χ1v) is 14.7.